The Labute approximate surface area is 104 Å². The maximum atomic E-state index is 11.5. The molecule has 1 saturated carbocycles. The van der Waals surface area contributed by atoms with Gasteiger partial charge in [0.1, 0.15) is 0 Å². The molecule has 1 fully saturated rings. The second-order valence-electron chi connectivity index (χ2n) is 4.16. The van der Waals surface area contributed by atoms with E-state index in [4.69, 9.17) is 5.73 Å². The first kappa shape index (κ1) is 11.6. The standard InChI is InChI=1S/C13H8N4O/c14-6-12(7-15)10(9-4-2-1-3-5-9)13(12,8-16)11(17)18/h1-5,10H,(H2,17,18)/t10-,13-/m1/s1. The van der Waals surface area contributed by atoms with Gasteiger partial charge in [-0.2, -0.15) is 15.8 Å². The highest BCUT2D eigenvalue weighted by Gasteiger charge is 2.84. The average molecular weight is 236 g/mol. The Hall–Kier alpha value is -2.84. The van der Waals surface area contributed by atoms with Crippen molar-refractivity contribution >= 4 is 5.91 Å². The highest BCUT2D eigenvalue weighted by atomic mass is 16.1. The van der Waals surface area contributed by atoms with Crippen molar-refractivity contribution in [2.75, 3.05) is 0 Å². The average Bonchev–Trinajstić information content (AvgIpc) is 3.04. The Kier molecular flexibility index (Phi) is 2.32. The smallest absolute Gasteiger partial charge is 0.241 e. The first-order valence-corrected chi connectivity index (χ1v) is 5.19. The molecule has 0 aromatic heterocycles. The molecule has 1 aromatic carbocycles. The SMILES string of the molecule is N#CC1(C#N)[C@@H](c2ccccc2)[C@]1(C#N)C(N)=O. The van der Waals surface area contributed by atoms with E-state index in [0.717, 1.165) is 0 Å². The van der Waals surface area contributed by atoms with Crippen LogP contribution >= 0.6 is 0 Å². The zero-order chi connectivity index (χ0) is 13.4. The highest BCUT2D eigenvalue weighted by molar-refractivity contribution is 5.94. The van der Waals surface area contributed by atoms with Crippen LogP contribution in [0.25, 0.3) is 0 Å². The minimum Gasteiger partial charge on any atom is -0.368 e. The zero-order valence-corrected chi connectivity index (χ0v) is 9.29. The number of hydrogen-bond acceptors (Lipinski definition) is 4. The predicted octanol–water partition coefficient (Wildman–Crippen LogP) is 0.813. The van der Waals surface area contributed by atoms with E-state index in [9.17, 15) is 20.6 Å². The van der Waals surface area contributed by atoms with Gasteiger partial charge < -0.3 is 5.73 Å². The fraction of sp³-hybridized carbons (Fsp3) is 0.231. The van der Waals surface area contributed by atoms with Crippen molar-refractivity contribution in [3.63, 3.8) is 0 Å². The summed E-state index contributed by atoms with van der Waals surface area (Å²) in [5, 5.41) is 27.5. The lowest BCUT2D eigenvalue weighted by atomic mass is 9.96. The lowest BCUT2D eigenvalue weighted by Crippen LogP contribution is -2.28. The largest absolute Gasteiger partial charge is 0.368 e. The summed E-state index contributed by atoms with van der Waals surface area (Å²) in [7, 11) is 0. The van der Waals surface area contributed by atoms with Gasteiger partial charge in [0.25, 0.3) is 0 Å². The minimum atomic E-state index is -1.75. The molecule has 1 aliphatic rings. The summed E-state index contributed by atoms with van der Waals surface area (Å²) in [5.74, 6) is -1.72. The van der Waals surface area contributed by atoms with Crippen LogP contribution in [-0.4, -0.2) is 5.91 Å². The van der Waals surface area contributed by atoms with Crippen molar-refractivity contribution in [2.45, 2.75) is 5.92 Å². The van der Waals surface area contributed by atoms with Crippen LogP contribution in [0, 0.1) is 44.8 Å². The number of benzene rings is 1. The predicted molar refractivity (Wildman–Crippen MR) is 60.1 cm³/mol. The van der Waals surface area contributed by atoms with E-state index in [1.807, 2.05) is 0 Å². The van der Waals surface area contributed by atoms with Crippen LogP contribution in [0.15, 0.2) is 30.3 Å². The van der Waals surface area contributed by atoms with E-state index in [1.165, 1.54) is 0 Å². The van der Waals surface area contributed by atoms with E-state index in [1.54, 1.807) is 48.5 Å². The zero-order valence-electron chi connectivity index (χ0n) is 9.29. The molecule has 5 nitrogen and oxygen atoms in total. The molecule has 1 aromatic rings. The van der Waals surface area contributed by atoms with Gasteiger partial charge in [0.2, 0.25) is 5.91 Å². The van der Waals surface area contributed by atoms with Gasteiger partial charge in [-0.15, -0.1) is 0 Å². The summed E-state index contributed by atoms with van der Waals surface area (Å²) in [6, 6.07) is 13.9. The number of amides is 1. The van der Waals surface area contributed by atoms with Crippen LogP contribution in [0.2, 0.25) is 0 Å². The molecule has 1 amide bonds. The third-order valence-corrected chi connectivity index (χ3v) is 3.46. The third-order valence-electron chi connectivity index (χ3n) is 3.46. The van der Waals surface area contributed by atoms with E-state index in [2.05, 4.69) is 0 Å². The molecule has 0 radical (unpaired) electrons. The van der Waals surface area contributed by atoms with Crippen LogP contribution in [0.1, 0.15) is 11.5 Å². The van der Waals surface area contributed by atoms with E-state index in [0.29, 0.717) is 5.56 Å². The Balaban J connectivity index is 2.64. The van der Waals surface area contributed by atoms with E-state index >= 15 is 0 Å². The number of primary amides is 1. The summed E-state index contributed by atoms with van der Waals surface area (Å²) in [4.78, 5) is 11.5. The molecule has 86 valence electrons. The number of nitriles is 3. The number of nitrogens with zero attached hydrogens (tertiary/aromatic N) is 3. The fourth-order valence-electron chi connectivity index (χ4n) is 2.50. The van der Waals surface area contributed by atoms with Crippen LogP contribution < -0.4 is 5.73 Å². The summed E-state index contributed by atoms with van der Waals surface area (Å²) >= 11 is 0. The van der Waals surface area contributed by atoms with Crippen LogP contribution in [0.3, 0.4) is 0 Å². The van der Waals surface area contributed by atoms with Gasteiger partial charge in [-0.05, 0) is 5.56 Å². The molecule has 2 atom stereocenters. The lowest BCUT2D eigenvalue weighted by Gasteiger charge is -2.02. The summed E-state index contributed by atoms with van der Waals surface area (Å²) < 4.78 is 0. The number of hydrogen-bond donors (Lipinski definition) is 1. The van der Waals surface area contributed by atoms with Crippen molar-refractivity contribution in [1.82, 2.24) is 0 Å². The monoisotopic (exact) mass is 236 g/mol. The van der Waals surface area contributed by atoms with Crippen molar-refractivity contribution < 1.29 is 4.79 Å². The van der Waals surface area contributed by atoms with Crippen LogP contribution in [0.5, 0.6) is 0 Å². The Morgan fingerprint density at radius 1 is 1.11 bits per heavy atom. The summed E-state index contributed by atoms with van der Waals surface area (Å²) in [6.07, 6.45) is 0. The molecule has 0 heterocycles. The fourth-order valence-corrected chi connectivity index (χ4v) is 2.50. The maximum absolute atomic E-state index is 11.5. The van der Waals surface area contributed by atoms with Gasteiger partial charge in [-0.1, -0.05) is 30.3 Å². The molecule has 0 spiro atoms. The number of rotatable bonds is 2. The molecule has 1 aliphatic carbocycles. The topological polar surface area (TPSA) is 114 Å². The first-order valence-electron chi connectivity index (χ1n) is 5.19. The molecule has 0 bridgehead atoms. The Morgan fingerprint density at radius 2 is 1.67 bits per heavy atom. The Morgan fingerprint density at radius 3 is 2.00 bits per heavy atom. The maximum Gasteiger partial charge on any atom is 0.241 e. The first-order chi connectivity index (χ1) is 8.60. The van der Waals surface area contributed by atoms with Gasteiger partial charge in [0, 0.05) is 5.92 Å². The molecule has 0 aliphatic heterocycles. The normalized spacial score (nSPS) is 27.3. The van der Waals surface area contributed by atoms with Crippen LogP contribution in [0.4, 0.5) is 0 Å². The van der Waals surface area contributed by atoms with Crippen molar-refractivity contribution in [1.29, 1.82) is 15.8 Å². The van der Waals surface area contributed by atoms with E-state index in [-0.39, 0.29) is 0 Å². The van der Waals surface area contributed by atoms with Gasteiger partial charge in [-0.3, -0.25) is 4.79 Å². The second-order valence-corrected chi connectivity index (χ2v) is 4.16. The lowest BCUT2D eigenvalue weighted by molar-refractivity contribution is -0.121. The van der Waals surface area contributed by atoms with Crippen LogP contribution in [-0.2, 0) is 4.79 Å². The van der Waals surface area contributed by atoms with Crippen molar-refractivity contribution in [3.8, 4) is 18.2 Å². The van der Waals surface area contributed by atoms with Gasteiger partial charge in [-0.25, -0.2) is 0 Å². The van der Waals surface area contributed by atoms with Gasteiger partial charge in [0.15, 0.2) is 10.8 Å². The molecule has 2 rings (SSSR count). The molecular weight excluding hydrogens is 228 g/mol. The van der Waals surface area contributed by atoms with E-state index < -0.39 is 22.7 Å². The second kappa shape index (κ2) is 3.58. The number of carbonyl (C=O) groups excluding carboxylic acids is 1. The highest BCUT2D eigenvalue weighted by Crippen LogP contribution is 2.73. The number of carbonyl (C=O) groups is 1. The van der Waals surface area contributed by atoms with Crippen molar-refractivity contribution in [2.24, 2.45) is 16.6 Å². The van der Waals surface area contributed by atoms with Gasteiger partial charge >= 0.3 is 0 Å². The third kappa shape index (κ3) is 1.04. The molecular formula is C13H8N4O. The molecule has 18 heavy (non-hydrogen) atoms. The quantitative estimate of drug-likeness (QED) is 0.818. The Bertz CT molecular complexity index is 618. The molecule has 0 unspecified atom stereocenters. The summed E-state index contributed by atoms with van der Waals surface area (Å²) in [6.45, 7) is 0. The molecule has 0 saturated heterocycles. The summed E-state index contributed by atoms with van der Waals surface area (Å²) in [5.41, 5.74) is 2.39. The van der Waals surface area contributed by atoms with Gasteiger partial charge in [0.05, 0.1) is 18.2 Å². The molecule has 2 N–H and O–H groups in total. The molecule has 5 heteroatoms. The number of nitrogens with two attached hydrogens (primary N) is 1. The minimum absolute atomic E-state index is 0.598. The van der Waals surface area contributed by atoms with Crippen molar-refractivity contribution in [3.05, 3.63) is 35.9 Å².